The molecule has 0 aliphatic carbocycles. The third kappa shape index (κ3) is 3.71. The number of nitrogens with one attached hydrogen (secondary N) is 1. The lowest BCUT2D eigenvalue weighted by Crippen LogP contribution is -2.49. The molecule has 1 saturated heterocycles. The number of piperidine rings is 1. The van der Waals surface area contributed by atoms with Crippen LogP contribution in [0.4, 0.5) is 0 Å². The number of hydrogen-bond acceptors (Lipinski definition) is 3. The van der Waals surface area contributed by atoms with E-state index in [0.717, 1.165) is 19.4 Å². The first-order chi connectivity index (χ1) is 7.95. The van der Waals surface area contributed by atoms with E-state index in [9.17, 15) is 4.79 Å². The minimum Gasteiger partial charge on any atom is -0.352 e. The quantitative estimate of drug-likeness (QED) is 0.807. The summed E-state index contributed by atoms with van der Waals surface area (Å²) in [7, 11) is 2.11. The van der Waals surface area contributed by atoms with Crippen LogP contribution in [0.15, 0.2) is 0 Å². The predicted molar refractivity (Wildman–Crippen MR) is 67.2 cm³/mol. The van der Waals surface area contributed by atoms with Gasteiger partial charge in [-0.05, 0) is 32.7 Å². The lowest BCUT2D eigenvalue weighted by atomic mass is 9.94. The van der Waals surface area contributed by atoms with E-state index in [1.807, 2.05) is 13.8 Å². The van der Waals surface area contributed by atoms with Crippen molar-refractivity contribution in [3.05, 3.63) is 0 Å². The van der Waals surface area contributed by atoms with Crippen LogP contribution in [0, 0.1) is 23.2 Å². The van der Waals surface area contributed by atoms with Crippen LogP contribution in [0.3, 0.4) is 0 Å². The van der Waals surface area contributed by atoms with Gasteiger partial charge in [0.05, 0.1) is 6.07 Å². The molecule has 0 radical (unpaired) electrons. The molecule has 1 N–H and O–H groups in total. The van der Waals surface area contributed by atoms with Gasteiger partial charge in [0.15, 0.2) is 0 Å². The van der Waals surface area contributed by atoms with E-state index in [1.54, 1.807) is 0 Å². The van der Waals surface area contributed by atoms with E-state index < -0.39 is 5.92 Å². The van der Waals surface area contributed by atoms with Crippen LogP contribution in [-0.2, 0) is 4.79 Å². The van der Waals surface area contributed by atoms with E-state index in [2.05, 4.69) is 30.3 Å². The minimum absolute atomic E-state index is 0.0729. The molecule has 17 heavy (non-hydrogen) atoms. The SMILES string of the molecule is CC(C)C(C#N)C(=O)NC1CCN(C)C(C)C1. The van der Waals surface area contributed by atoms with Crippen LogP contribution in [0.5, 0.6) is 0 Å². The van der Waals surface area contributed by atoms with Crippen molar-refractivity contribution in [2.24, 2.45) is 11.8 Å². The summed E-state index contributed by atoms with van der Waals surface area (Å²) in [6.07, 6.45) is 1.95. The van der Waals surface area contributed by atoms with E-state index in [0.29, 0.717) is 6.04 Å². The Kier molecular flexibility index (Phi) is 4.95. The van der Waals surface area contributed by atoms with Crippen molar-refractivity contribution < 1.29 is 4.79 Å². The van der Waals surface area contributed by atoms with Gasteiger partial charge >= 0.3 is 0 Å². The van der Waals surface area contributed by atoms with Gasteiger partial charge in [0.1, 0.15) is 5.92 Å². The van der Waals surface area contributed by atoms with E-state index in [4.69, 9.17) is 5.26 Å². The summed E-state index contributed by atoms with van der Waals surface area (Å²) < 4.78 is 0. The fourth-order valence-corrected chi connectivity index (χ4v) is 2.22. The van der Waals surface area contributed by atoms with Crippen LogP contribution in [0.2, 0.25) is 0 Å². The predicted octanol–water partition coefficient (Wildman–Crippen LogP) is 1.38. The van der Waals surface area contributed by atoms with E-state index >= 15 is 0 Å². The third-order valence-electron chi connectivity index (χ3n) is 3.64. The van der Waals surface area contributed by atoms with Gasteiger partial charge in [0.25, 0.3) is 0 Å². The molecule has 1 amide bonds. The van der Waals surface area contributed by atoms with Gasteiger partial charge in [0, 0.05) is 18.6 Å². The average molecular weight is 237 g/mol. The van der Waals surface area contributed by atoms with Crippen molar-refractivity contribution >= 4 is 5.91 Å². The first-order valence-electron chi connectivity index (χ1n) is 6.36. The molecule has 4 nitrogen and oxygen atoms in total. The molecule has 3 unspecified atom stereocenters. The van der Waals surface area contributed by atoms with Gasteiger partial charge in [-0.1, -0.05) is 13.8 Å². The fraction of sp³-hybridized carbons (Fsp3) is 0.846. The normalized spacial score (nSPS) is 27.5. The van der Waals surface area contributed by atoms with Crippen molar-refractivity contribution in [1.82, 2.24) is 10.2 Å². The first-order valence-corrected chi connectivity index (χ1v) is 6.36. The maximum Gasteiger partial charge on any atom is 0.237 e. The Hall–Kier alpha value is -1.08. The van der Waals surface area contributed by atoms with Crippen LogP contribution < -0.4 is 5.32 Å². The second-order valence-corrected chi connectivity index (χ2v) is 5.41. The van der Waals surface area contributed by atoms with Gasteiger partial charge in [-0.3, -0.25) is 4.79 Å². The number of nitriles is 1. The fourth-order valence-electron chi connectivity index (χ4n) is 2.22. The van der Waals surface area contributed by atoms with Crippen molar-refractivity contribution in [3.63, 3.8) is 0 Å². The summed E-state index contributed by atoms with van der Waals surface area (Å²) in [5, 5.41) is 12.0. The zero-order valence-electron chi connectivity index (χ0n) is 11.2. The molecule has 1 aliphatic rings. The molecule has 0 spiro atoms. The zero-order chi connectivity index (χ0) is 13.0. The summed E-state index contributed by atoms with van der Waals surface area (Å²) in [4.78, 5) is 14.2. The molecule has 0 aromatic heterocycles. The van der Waals surface area contributed by atoms with Crippen LogP contribution in [-0.4, -0.2) is 36.5 Å². The molecule has 0 saturated carbocycles. The monoisotopic (exact) mass is 237 g/mol. The molecule has 4 heteroatoms. The van der Waals surface area contributed by atoms with E-state index in [1.165, 1.54) is 0 Å². The summed E-state index contributed by atoms with van der Waals surface area (Å²) in [5.41, 5.74) is 0. The molecule has 1 rings (SSSR count). The Bertz CT molecular complexity index is 308. The number of amides is 1. The van der Waals surface area contributed by atoms with Crippen molar-refractivity contribution in [1.29, 1.82) is 5.26 Å². The molecular weight excluding hydrogens is 214 g/mol. The van der Waals surface area contributed by atoms with Gasteiger partial charge in [0.2, 0.25) is 5.91 Å². The molecule has 3 atom stereocenters. The molecule has 1 fully saturated rings. The average Bonchev–Trinajstić information content (AvgIpc) is 2.24. The highest BCUT2D eigenvalue weighted by atomic mass is 16.1. The minimum atomic E-state index is -0.523. The van der Waals surface area contributed by atoms with Crippen LogP contribution in [0.1, 0.15) is 33.6 Å². The summed E-state index contributed by atoms with van der Waals surface area (Å²) in [6.45, 7) is 6.99. The summed E-state index contributed by atoms with van der Waals surface area (Å²) in [6, 6.07) is 2.81. The van der Waals surface area contributed by atoms with Crippen molar-refractivity contribution in [2.45, 2.75) is 45.7 Å². The van der Waals surface area contributed by atoms with Gasteiger partial charge < -0.3 is 10.2 Å². The molecule has 0 aromatic rings. The maximum atomic E-state index is 11.9. The summed E-state index contributed by atoms with van der Waals surface area (Å²) in [5.74, 6) is -0.557. The Labute approximate surface area is 104 Å². The second kappa shape index (κ2) is 6.02. The lowest BCUT2D eigenvalue weighted by Gasteiger charge is -2.35. The number of likely N-dealkylation sites (tertiary alicyclic amines) is 1. The second-order valence-electron chi connectivity index (χ2n) is 5.41. The number of rotatable bonds is 3. The standard InChI is InChI=1S/C13H23N3O/c1-9(2)12(8-14)13(17)15-11-5-6-16(4)10(3)7-11/h9-12H,5-7H2,1-4H3,(H,15,17). The highest BCUT2D eigenvalue weighted by Crippen LogP contribution is 2.17. The number of carbonyl (C=O) groups excluding carboxylic acids is 1. The van der Waals surface area contributed by atoms with Gasteiger partial charge in [-0.25, -0.2) is 0 Å². The molecule has 1 heterocycles. The topological polar surface area (TPSA) is 56.1 Å². The van der Waals surface area contributed by atoms with Crippen LogP contribution in [0.25, 0.3) is 0 Å². The molecule has 0 bridgehead atoms. The molecule has 0 aromatic carbocycles. The van der Waals surface area contributed by atoms with E-state index in [-0.39, 0.29) is 17.9 Å². The highest BCUT2D eigenvalue weighted by Gasteiger charge is 2.27. The molecule has 1 aliphatic heterocycles. The smallest absolute Gasteiger partial charge is 0.237 e. The Morgan fingerprint density at radius 1 is 1.53 bits per heavy atom. The Balaban J connectivity index is 2.49. The third-order valence-corrected chi connectivity index (χ3v) is 3.64. The van der Waals surface area contributed by atoms with Gasteiger partial charge in [-0.15, -0.1) is 0 Å². The largest absolute Gasteiger partial charge is 0.352 e. The molecular formula is C13H23N3O. The Morgan fingerprint density at radius 3 is 2.65 bits per heavy atom. The maximum absolute atomic E-state index is 11.9. The first kappa shape index (κ1) is 14.0. The van der Waals surface area contributed by atoms with Gasteiger partial charge in [-0.2, -0.15) is 5.26 Å². The summed E-state index contributed by atoms with van der Waals surface area (Å²) >= 11 is 0. The number of carbonyl (C=O) groups is 1. The zero-order valence-corrected chi connectivity index (χ0v) is 11.2. The van der Waals surface area contributed by atoms with Crippen molar-refractivity contribution in [3.8, 4) is 6.07 Å². The lowest BCUT2D eigenvalue weighted by molar-refractivity contribution is -0.125. The molecule has 96 valence electrons. The van der Waals surface area contributed by atoms with Crippen LogP contribution >= 0.6 is 0 Å². The van der Waals surface area contributed by atoms with Crippen molar-refractivity contribution in [2.75, 3.05) is 13.6 Å². The number of nitrogens with zero attached hydrogens (tertiary/aromatic N) is 2. The highest BCUT2D eigenvalue weighted by molar-refractivity contribution is 5.81. The Morgan fingerprint density at radius 2 is 2.18 bits per heavy atom. The number of hydrogen-bond donors (Lipinski definition) is 1.